The SMILES string of the molecule is CC(C)(N)C(=O)N[C@H](COCc1ccccc1)c1nnn(Cc2ccc(NS(C)(=O)=O)cc2)n1. The number of ether oxygens (including phenoxy) is 1. The molecular formula is C22H29N7O4S. The normalized spacial score (nSPS) is 12.8. The van der Waals surface area contributed by atoms with Crippen molar-refractivity contribution in [3.8, 4) is 0 Å². The fourth-order valence-electron chi connectivity index (χ4n) is 2.91. The number of anilines is 1. The molecule has 0 fully saturated rings. The number of hydrogen-bond donors (Lipinski definition) is 3. The maximum atomic E-state index is 12.5. The molecule has 1 heterocycles. The molecule has 1 atom stereocenters. The number of hydrogen-bond acceptors (Lipinski definition) is 8. The molecule has 4 N–H and O–H groups in total. The lowest BCUT2D eigenvalue weighted by Gasteiger charge is -2.22. The lowest BCUT2D eigenvalue weighted by atomic mass is 10.1. The van der Waals surface area contributed by atoms with Gasteiger partial charge in [0.2, 0.25) is 15.9 Å². The standard InChI is InChI=1S/C22H29N7O4S/c1-22(2,23)21(30)24-19(15-33-14-17-7-5-4-6-8-17)20-25-28-29(26-20)13-16-9-11-18(12-10-16)27-34(3,31)32/h4-12,19,27H,13-15,23H2,1-3H3,(H,24,30)/t19-/m1/s1. The van der Waals surface area contributed by atoms with Crippen LogP contribution in [0.5, 0.6) is 0 Å². The van der Waals surface area contributed by atoms with Crippen molar-refractivity contribution >= 4 is 21.6 Å². The number of aromatic nitrogens is 4. The van der Waals surface area contributed by atoms with Crippen LogP contribution in [0.25, 0.3) is 0 Å². The summed E-state index contributed by atoms with van der Waals surface area (Å²) in [4.78, 5) is 13.9. The number of nitrogens with two attached hydrogens (primary N) is 1. The Balaban J connectivity index is 1.68. The van der Waals surface area contributed by atoms with Crippen LogP contribution in [0.15, 0.2) is 54.6 Å². The first-order chi connectivity index (χ1) is 16.0. The summed E-state index contributed by atoms with van der Waals surface area (Å²) in [5.41, 5.74) is 7.13. The zero-order chi connectivity index (χ0) is 24.8. The summed E-state index contributed by atoms with van der Waals surface area (Å²) in [5.74, 6) is -0.0767. The summed E-state index contributed by atoms with van der Waals surface area (Å²) in [6.07, 6.45) is 1.09. The van der Waals surface area contributed by atoms with E-state index < -0.39 is 21.6 Å². The van der Waals surface area contributed by atoms with Gasteiger partial charge in [-0.1, -0.05) is 42.5 Å². The number of nitrogens with zero attached hydrogens (tertiary/aromatic N) is 4. The van der Waals surface area contributed by atoms with Gasteiger partial charge in [0.15, 0.2) is 5.82 Å². The molecule has 3 rings (SSSR count). The quantitative estimate of drug-likeness (QED) is 0.365. The maximum Gasteiger partial charge on any atom is 0.240 e. The van der Waals surface area contributed by atoms with E-state index in [1.165, 1.54) is 4.80 Å². The van der Waals surface area contributed by atoms with Crippen molar-refractivity contribution in [2.75, 3.05) is 17.6 Å². The third-order valence-corrected chi connectivity index (χ3v) is 5.25. The molecule has 1 aromatic heterocycles. The zero-order valence-electron chi connectivity index (χ0n) is 19.3. The Morgan fingerprint density at radius 1 is 1.12 bits per heavy atom. The number of amides is 1. The summed E-state index contributed by atoms with van der Waals surface area (Å²) in [6, 6.07) is 15.8. The van der Waals surface area contributed by atoms with Crippen molar-refractivity contribution in [3.05, 3.63) is 71.5 Å². The van der Waals surface area contributed by atoms with E-state index >= 15 is 0 Å². The molecule has 12 heteroatoms. The third kappa shape index (κ3) is 7.90. The minimum Gasteiger partial charge on any atom is -0.374 e. The summed E-state index contributed by atoms with van der Waals surface area (Å²) in [5, 5.41) is 15.4. The molecule has 0 saturated heterocycles. The zero-order valence-corrected chi connectivity index (χ0v) is 20.1. The van der Waals surface area contributed by atoms with E-state index in [0.29, 0.717) is 24.7 Å². The van der Waals surface area contributed by atoms with Gasteiger partial charge in [0, 0.05) is 5.69 Å². The van der Waals surface area contributed by atoms with E-state index in [1.807, 2.05) is 30.3 Å². The molecule has 0 aliphatic heterocycles. The number of tetrazole rings is 1. The van der Waals surface area contributed by atoms with E-state index in [0.717, 1.165) is 17.4 Å². The first-order valence-electron chi connectivity index (χ1n) is 10.6. The van der Waals surface area contributed by atoms with E-state index in [1.54, 1.807) is 38.1 Å². The van der Waals surface area contributed by atoms with Crippen molar-refractivity contribution in [1.29, 1.82) is 0 Å². The van der Waals surface area contributed by atoms with Crippen LogP contribution in [0, 0.1) is 0 Å². The van der Waals surface area contributed by atoms with E-state index in [2.05, 4.69) is 25.4 Å². The smallest absolute Gasteiger partial charge is 0.240 e. The molecule has 11 nitrogen and oxygen atoms in total. The number of rotatable bonds is 11. The van der Waals surface area contributed by atoms with Crippen LogP contribution in [-0.4, -0.2) is 52.9 Å². The van der Waals surface area contributed by atoms with Crippen LogP contribution >= 0.6 is 0 Å². The summed E-state index contributed by atoms with van der Waals surface area (Å²) < 4.78 is 30.9. The van der Waals surface area contributed by atoms with Crippen molar-refractivity contribution in [1.82, 2.24) is 25.5 Å². The molecule has 0 radical (unpaired) electrons. The Bertz CT molecular complexity index is 1190. The Hall–Kier alpha value is -3.35. The fraction of sp³-hybridized carbons (Fsp3) is 0.364. The van der Waals surface area contributed by atoms with Crippen LogP contribution in [0.1, 0.15) is 36.8 Å². The highest BCUT2D eigenvalue weighted by molar-refractivity contribution is 7.92. The van der Waals surface area contributed by atoms with Crippen molar-refractivity contribution < 1.29 is 17.9 Å². The van der Waals surface area contributed by atoms with Gasteiger partial charge >= 0.3 is 0 Å². The fourth-order valence-corrected chi connectivity index (χ4v) is 3.48. The molecular weight excluding hydrogens is 458 g/mol. The topological polar surface area (TPSA) is 154 Å². The second kappa shape index (κ2) is 10.7. The highest BCUT2D eigenvalue weighted by atomic mass is 32.2. The summed E-state index contributed by atoms with van der Waals surface area (Å²) >= 11 is 0. The second-order valence-electron chi connectivity index (χ2n) is 8.50. The van der Waals surface area contributed by atoms with E-state index in [9.17, 15) is 13.2 Å². The maximum absolute atomic E-state index is 12.5. The minimum absolute atomic E-state index is 0.133. The Morgan fingerprint density at radius 2 is 1.79 bits per heavy atom. The van der Waals surface area contributed by atoms with Crippen LogP contribution in [-0.2, 0) is 32.7 Å². The third-order valence-electron chi connectivity index (χ3n) is 4.65. The monoisotopic (exact) mass is 487 g/mol. The van der Waals surface area contributed by atoms with Gasteiger partial charge in [-0.15, -0.1) is 10.2 Å². The Kier molecular flexibility index (Phi) is 7.97. The molecule has 182 valence electrons. The van der Waals surface area contributed by atoms with Crippen molar-refractivity contribution in [3.63, 3.8) is 0 Å². The molecule has 0 bridgehead atoms. The first-order valence-corrected chi connectivity index (χ1v) is 12.4. The van der Waals surface area contributed by atoms with Crippen LogP contribution in [0.4, 0.5) is 5.69 Å². The van der Waals surface area contributed by atoms with Crippen molar-refractivity contribution in [2.24, 2.45) is 5.73 Å². The lowest BCUT2D eigenvalue weighted by molar-refractivity contribution is -0.126. The predicted molar refractivity (Wildman–Crippen MR) is 127 cm³/mol. The van der Waals surface area contributed by atoms with Gasteiger partial charge in [-0.3, -0.25) is 9.52 Å². The lowest BCUT2D eigenvalue weighted by Crippen LogP contribution is -2.50. The van der Waals surface area contributed by atoms with E-state index in [4.69, 9.17) is 10.5 Å². The molecule has 0 aliphatic rings. The number of nitrogens with one attached hydrogen (secondary N) is 2. The van der Waals surface area contributed by atoms with Crippen LogP contribution in [0.2, 0.25) is 0 Å². The van der Waals surface area contributed by atoms with Crippen LogP contribution < -0.4 is 15.8 Å². The van der Waals surface area contributed by atoms with Gasteiger partial charge in [-0.25, -0.2) is 8.42 Å². The highest BCUT2D eigenvalue weighted by Crippen LogP contribution is 2.14. The predicted octanol–water partition coefficient (Wildman–Crippen LogP) is 1.20. The highest BCUT2D eigenvalue weighted by Gasteiger charge is 2.27. The number of carbonyl (C=O) groups is 1. The van der Waals surface area contributed by atoms with Gasteiger partial charge in [-0.2, -0.15) is 4.80 Å². The van der Waals surface area contributed by atoms with Crippen molar-refractivity contribution in [2.45, 2.75) is 38.6 Å². The minimum atomic E-state index is -3.35. The van der Waals surface area contributed by atoms with Gasteiger partial charge in [0.05, 0.1) is 31.6 Å². The Labute approximate surface area is 198 Å². The molecule has 0 unspecified atom stereocenters. The summed E-state index contributed by atoms with van der Waals surface area (Å²) in [6.45, 7) is 4.02. The van der Waals surface area contributed by atoms with Gasteiger partial charge in [0.1, 0.15) is 6.04 Å². The Morgan fingerprint density at radius 3 is 2.41 bits per heavy atom. The number of sulfonamides is 1. The number of carbonyl (C=O) groups excluding carboxylic acids is 1. The largest absolute Gasteiger partial charge is 0.374 e. The van der Waals surface area contributed by atoms with Gasteiger partial charge < -0.3 is 15.8 Å². The molecule has 2 aromatic carbocycles. The molecule has 0 saturated carbocycles. The van der Waals surface area contributed by atoms with Crippen LogP contribution in [0.3, 0.4) is 0 Å². The molecule has 34 heavy (non-hydrogen) atoms. The molecule has 3 aromatic rings. The van der Waals surface area contributed by atoms with E-state index in [-0.39, 0.29) is 12.5 Å². The first kappa shape index (κ1) is 25.3. The number of benzene rings is 2. The average molecular weight is 488 g/mol. The second-order valence-corrected chi connectivity index (χ2v) is 10.2. The summed E-state index contributed by atoms with van der Waals surface area (Å²) in [7, 11) is -3.35. The molecule has 0 spiro atoms. The van der Waals surface area contributed by atoms with Gasteiger partial charge in [0.25, 0.3) is 0 Å². The molecule has 1 amide bonds. The molecule has 0 aliphatic carbocycles. The van der Waals surface area contributed by atoms with Gasteiger partial charge in [-0.05, 0) is 42.3 Å². The average Bonchev–Trinajstić information content (AvgIpc) is 3.22.